The predicted octanol–water partition coefficient (Wildman–Crippen LogP) is 8.26. The van der Waals surface area contributed by atoms with Crippen LogP contribution in [0, 0.1) is 5.41 Å². The van der Waals surface area contributed by atoms with E-state index in [0.717, 1.165) is 19.3 Å². The van der Waals surface area contributed by atoms with Crippen LogP contribution in [0.3, 0.4) is 0 Å². The van der Waals surface area contributed by atoms with E-state index in [4.69, 9.17) is 0 Å². The highest BCUT2D eigenvalue weighted by atomic mass is 15.1. The molecule has 0 radical (unpaired) electrons. The maximum atomic E-state index is 2.48. The number of nitrogens with zero attached hydrogens (tertiary/aromatic N) is 1. The summed E-state index contributed by atoms with van der Waals surface area (Å²) in [5, 5.41) is 0. The molecule has 2 aliphatic carbocycles. The van der Waals surface area contributed by atoms with Crippen molar-refractivity contribution in [3.05, 3.63) is 82.6 Å². The van der Waals surface area contributed by atoms with Gasteiger partial charge in [0.2, 0.25) is 0 Å². The standard InChI is InChI=1S/C29H37N/c1-7-29(5,6)24-13-18-26(19-14-24)30(27-15-10-21-8-9-22(21)20-27)25-16-11-23(12-17-25)28(2,3)4/h10-11,13-16,18-20H,7-9,12,17H2,1-6H3. The molecule has 4 rings (SSSR count). The van der Waals surface area contributed by atoms with Crippen molar-refractivity contribution in [3.63, 3.8) is 0 Å². The highest BCUT2D eigenvalue weighted by Crippen LogP contribution is 2.40. The lowest BCUT2D eigenvalue weighted by atomic mass is 9.81. The number of benzene rings is 2. The van der Waals surface area contributed by atoms with Crippen LogP contribution in [0.5, 0.6) is 0 Å². The summed E-state index contributed by atoms with van der Waals surface area (Å²) in [5.41, 5.74) is 10.4. The minimum Gasteiger partial charge on any atom is -0.314 e. The summed E-state index contributed by atoms with van der Waals surface area (Å²) in [5.74, 6) is 0. The predicted molar refractivity (Wildman–Crippen MR) is 131 cm³/mol. The maximum Gasteiger partial charge on any atom is 0.0461 e. The van der Waals surface area contributed by atoms with E-state index in [-0.39, 0.29) is 10.8 Å². The van der Waals surface area contributed by atoms with Crippen molar-refractivity contribution in [1.82, 2.24) is 0 Å². The van der Waals surface area contributed by atoms with Gasteiger partial charge in [0, 0.05) is 17.1 Å². The van der Waals surface area contributed by atoms with Gasteiger partial charge in [-0.1, -0.05) is 71.4 Å². The summed E-state index contributed by atoms with van der Waals surface area (Å²) in [4.78, 5) is 2.48. The summed E-state index contributed by atoms with van der Waals surface area (Å²) in [6, 6.07) is 16.3. The third-order valence-electron chi connectivity index (χ3n) is 7.28. The van der Waals surface area contributed by atoms with Gasteiger partial charge in [-0.15, -0.1) is 0 Å². The van der Waals surface area contributed by atoms with Crippen LogP contribution in [0.15, 0.2) is 65.9 Å². The van der Waals surface area contributed by atoms with Crippen LogP contribution in [-0.2, 0) is 18.3 Å². The quantitative estimate of drug-likeness (QED) is 0.489. The lowest BCUT2D eigenvalue weighted by Crippen LogP contribution is -2.21. The van der Waals surface area contributed by atoms with Gasteiger partial charge in [0.1, 0.15) is 0 Å². The SMILES string of the molecule is CCC(C)(C)c1ccc(N(C2=CC=C(C(C)(C)C)CC2)c2ccc3c(c2)CC3)cc1. The van der Waals surface area contributed by atoms with E-state index >= 15 is 0 Å². The zero-order valence-corrected chi connectivity index (χ0v) is 19.7. The van der Waals surface area contributed by atoms with Crippen molar-refractivity contribution in [2.75, 3.05) is 4.90 Å². The molecule has 0 fully saturated rings. The molecule has 2 aliphatic rings. The largest absolute Gasteiger partial charge is 0.314 e. The van der Waals surface area contributed by atoms with Crippen LogP contribution < -0.4 is 4.90 Å². The van der Waals surface area contributed by atoms with E-state index in [9.17, 15) is 0 Å². The summed E-state index contributed by atoms with van der Waals surface area (Å²) in [6.07, 6.45) is 10.5. The Morgan fingerprint density at radius 3 is 1.90 bits per heavy atom. The number of hydrogen-bond donors (Lipinski definition) is 0. The monoisotopic (exact) mass is 399 g/mol. The topological polar surface area (TPSA) is 3.24 Å². The number of anilines is 2. The molecule has 0 amide bonds. The van der Waals surface area contributed by atoms with Crippen molar-refractivity contribution in [3.8, 4) is 0 Å². The molecule has 0 unspecified atom stereocenters. The molecule has 2 aromatic rings. The van der Waals surface area contributed by atoms with E-state index < -0.39 is 0 Å². The molecule has 0 atom stereocenters. The third kappa shape index (κ3) is 4.00. The smallest absolute Gasteiger partial charge is 0.0461 e. The summed E-state index contributed by atoms with van der Waals surface area (Å²) in [6.45, 7) is 13.9. The molecule has 1 heteroatoms. The molecule has 0 aromatic heterocycles. The van der Waals surface area contributed by atoms with Gasteiger partial charge >= 0.3 is 0 Å². The zero-order chi connectivity index (χ0) is 21.5. The number of aryl methyl sites for hydroxylation is 2. The first-order chi connectivity index (χ1) is 14.2. The Hall–Kier alpha value is -2.28. The first-order valence-electron chi connectivity index (χ1n) is 11.6. The fourth-order valence-corrected chi connectivity index (χ4v) is 4.50. The molecular weight excluding hydrogens is 362 g/mol. The van der Waals surface area contributed by atoms with Crippen LogP contribution in [0.1, 0.15) is 77.5 Å². The Kier molecular flexibility index (Phi) is 5.43. The molecule has 0 heterocycles. The first kappa shape index (κ1) is 21.0. The molecule has 0 N–H and O–H groups in total. The minimum atomic E-state index is 0.216. The zero-order valence-electron chi connectivity index (χ0n) is 19.7. The molecule has 0 aliphatic heterocycles. The summed E-state index contributed by atoms with van der Waals surface area (Å²) in [7, 11) is 0. The van der Waals surface area contributed by atoms with Gasteiger partial charge < -0.3 is 4.90 Å². The Balaban J connectivity index is 1.74. The second kappa shape index (κ2) is 7.76. The fraction of sp³-hybridized carbons (Fsp3) is 0.448. The van der Waals surface area contributed by atoms with Gasteiger partial charge in [-0.05, 0) is 90.0 Å². The molecular formula is C29H37N. The Labute approximate surface area is 183 Å². The molecule has 1 nitrogen and oxygen atoms in total. The average Bonchev–Trinajstić information content (AvgIpc) is 2.70. The van der Waals surface area contributed by atoms with Gasteiger partial charge in [-0.2, -0.15) is 0 Å². The Morgan fingerprint density at radius 1 is 0.733 bits per heavy atom. The van der Waals surface area contributed by atoms with E-state index in [1.165, 1.54) is 46.6 Å². The molecule has 30 heavy (non-hydrogen) atoms. The number of hydrogen-bond acceptors (Lipinski definition) is 1. The average molecular weight is 400 g/mol. The second-order valence-corrected chi connectivity index (χ2v) is 10.7. The van der Waals surface area contributed by atoms with Gasteiger partial charge in [0.15, 0.2) is 0 Å². The molecule has 2 aromatic carbocycles. The number of fused-ring (bicyclic) bond motifs is 1. The van der Waals surface area contributed by atoms with Crippen LogP contribution in [0.4, 0.5) is 11.4 Å². The van der Waals surface area contributed by atoms with Crippen molar-refractivity contribution >= 4 is 11.4 Å². The maximum absolute atomic E-state index is 2.48. The van der Waals surface area contributed by atoms with Gasteiger partial charge in [0.25, 0.3) is 0 Å². The molecule has 0 saturated heterocycles. The number of allylic oxidation sites excluding steroid dienone is 4. The third-order valence-corrected chi connectivity index (χ3v) is 7.28. The molecule has 0 saturated carbocycles. The first-order valence-corrected chi connectivity index (χ1v) is 11.6. The molecule has 158 valence electrons. The van der Waals surface area contributed by atoms with Crippen molar-refractivity contribution in [2.45, 2.75) is 79.1 Å². The summed E-state index contributed by atoms with van der Waals surface area (Å²) >= 11 is 0. The van der Waals surface area contributed by atoms with Gasteiger partial charge in [-0.25, -0.2) is 0 Å². The lowest BCUT2D eigenvalue weighted by Gasteiger charge is -2.34. The molecule has 0 spiro atoms. The van der Waals surface area contributed by atoms with Crippen LogP contribution in [0.25, 0.3) is 0 Å². The summed E-state index contributed by atoms with van der Waals surface area (Å²) < 4.78 is 0. The number of rotatable bonds is 5. The normalized spacial score (nSPS) is 16.3. The minimum absolute atomic E-state index is 0.216. The lowest BCUT2D eigenvalue weighted by molar-refractivity contribution is 0.479. The van der Waals surface area contributed by atoms with Crippen molar-refractivity contribution < 1.29 is 0 Å². The Bertz CT molecular complexity index is 980. The van der Waals surface area contributed by atoms with E-state index in [0.29, 0.717) is 0 Å². The van der Waals surface area contributed by atoms with Crippen molar-refractivity contribution in [1.29, 1.82) is 0 Å². The van der Waals surface area contributed by atoms with E-state index in [1.807, 2.05) is 0 Å². The molecule has 0 bridgehead atoms. The van der Waals surface area contributed by atoms with Crippen LogP contribution in [0.2, 0.25) is 0 Å². The van der Waals surface area contributed by atoms with Crippen molar-refractivity contribution in [2.24, 2.45) is 5.41 Å². The van der Waals surface area contributed by atoms with Crippen LogP contribution in [-0.4, -0.2) is 0 Å². The highest BCUT2D eigenvalue weighted by molar-refractivity contribution is 5.71. The van der Waals surface area contributed by atoms with Gasteiger partial charge in [-0.3, -0.25) is 0 Å². The van der Waals surface area contributed by atoms with E-state index in [1.54, 1.807) is 5.57 Å². The van der Waals surface area contributed by atoms with Crippen LogP contribution >= 0.6 is 0 Å². The van der Waals surface area contributed by atoms with E-state index in [2.05, 4.69) is 101 Å². The fourth-order valence-electron chi connectivity index (χ4n) is 4.50. The van der Waals surface area contributed by atoms with Gasteiger partial charge in [0.05, 0.1) is 0 Å². The Morgan fingerprint density at radius 2 is 1.40 bits per heavy atom. The highest BCUT2D eigenvalue weighted by Gasteiger charge is 2.24. The second-order valence-electron chi connectivity index (χ2n) is 10.7.